The van der Waals surface area contributed by atoms with E-state index < -0.39 is 0 Å². The maximum absolute atomic E-state index is 10.8. The van der Waals surface area contributed by atoms with Gasteiger partial charge in [0, 0.05) is 6.54 Å². The minimum atomic E-state index is -0.302. The number of piperazine rings is 1. The molecule has 0 bridgehead atoms. The fourth-order valence-electron chi connectivity index (χ4n) is 1.10. The zero-order chi connectivity index (χ0) is 8.97. The van der Waals surface area contributed by atoms with Crippen LogP contribution in [0.3, 0.4) is 0 Å². The summed E-state index contributed by atoms with van der Waals surface area (Å²) in [6.07, 6.45) is 0.231. The van der Waals surface area contributed by atoms with E-state index in [1.807, 2.05) is 0 Å². The molecule has 12 heavy (non-hydrogen) atoms. The topological polar surface area (TPSA) is 67.4 Å². The predicted octanol–water partition coefficient (Wildman–Crippen LogP) is -1.36. The lowest BCUT2D eigenvalue weighted by Crippen LogP contribution is -2.52. The van der Waals surface area contributed by atoms with Gasteiger partial charge >= 0.3 is 5.97 Å². The van der Waals surface area contributed by atoms with Gasteiger partial charge in [-0.1, -0.05) is 0 Å². The van der Waals surface area contributed by atoms with Crippen molar-refractivity contribution in [3.63, 3.8) is 0 Å². The molecule has 1 fully saturated rings. The zero-order valence-corrected chi connectivity index (χ0v) is 6.92. The standard InChI is InChI=1S/C7H12N2O3/c1-12-7(11)2-5-3-8-4-6(10)9-5/h5,8H,2-4H2,1H3,(H,9,10). The molecular weight excluding hydrogens is 160 g/mol. The van der Waals surface area contributed by atoms with Gasteiger partial charge < -0.3 is 15.4 Å². The van der Waals surface area contributed by atoms with Gasteiger partial charge in [0.25, 0.3) is 0 Å². The summed E-state index contributed by atoms with van der Waals surface area (Å²) < 4.78 is 4.47. The first-order valence-corrected chi connectivity index (χ1v) is 3.79. The number of carbonyl (C=O) groups excluding carboxylic acids is 2. The fourth-order valence-corrected chi connectivity index (χ4v) is 1.10. The molecule has 1 amide bonds. The number of hydrogen-bond acceptors (Lipinski definition) is 4. The van der Waals surface area contributed by atoms with Crippen LogP contribution in [0.4, 0.5) is 0 Å². The number of esters is 1. The summed E-state index contributed by atoms with van der Waals surface area (Å²) in [7, 11) is 1.33. The highest BCUT2D eigenvalue weighted by molar-refractivity contribution is 5.80. The van der Waals surface area contributed by atoms with E-state index in [0.717, 1.165) is 0 Å². The third-order valence-corrected chi connectivity index (χ3v) is 1.68. The molecule has 1 saturated heterocycles. The smallest absolute Gasteiger partial charge is 0.307 e. The molecule has 1 atom stereocenters. The van der Waals surface area contributed by atoms with Gasteiger partial charge in [-0.3, -0.25) is 9.59 Å². The Balaban J connectivity index is 2.32. The Bertz CT molecular complexity index is 193. The summed E-state index contributed by atoms with van der Waals surface area (Å²) in [6.45, 7) is 0.957. The molecule has 0 aliphatic carbocycles. The molecule has 1 aliphatic rings. The first kappa shape index (κ1) is 8.99. The molecule has 68 valence electrons. The van der Waals surface area contributed by atoms with Gasteiger partial charge in [-0.05, 0) is 0 Å². The Morgan fingerprint density at radius 1 is 1.75 bits per heavy atom. The second kappa shape index (κ2) is 4.06. The van der Waals surface area contributed by atoms with Crippen LogP contribution in [0, 0.1) is 0 Å². The first-order chi connectivity index (χ1) is 5.72. The normalized spacial score (nSPS) is 23.1. The Labute approximate surface area is 70.5 Å². The molecule has 0 aromatic heterocycles. The average Bonchev–Trinajstić information content (AvgIpc) is 2.04. The molecular formula is C7H12N2O3. The summed E-state index contributed by atoms with van der Waals surface area (Å²) >= 11 is 0. The Morgan fingerprint density at radius 2 is 2.50 bits per heavy atom. The van der Waals surface area contributed by atoms with Gasteiger partial charge in [-0.15, -0.1) is 0 Å². The summed E-state index contributed by atoms with van der Waals surface area (Å²) in [5, 5.41) is 5.57. The number of methoxy groups -OCH3 is 1. The Morgan fingerprint density at radius 3 is 3.08 bits per heavy atom. The van der Waals surface area contributed by atoms with Crippen molar-refractivity contribution in [3.05, 3.63) is 0 Å². The lowest BCUT2D eigenvalue weighted by atomic mass is 10.2. The van der Waals surface area contributed by atoms with Crippen LogP contribution >= 0.6 is 0 Å². The monoisotopic (exact) mass is 172 g/mol. The lowest BCUT2D eigenvalue weighted by Gasteiger charge is -2.22. The van der Waals surface area contributed by atoms with E-state index in [4.69, 9.17) is 0 Å². The number of rotatable bonds is 2. The molecule has 1 heterocycles. The highest BCUT2D eigenvalue weighted by Gasteiger charge is 2.20. The van der Waals surface area contributed by atoms with Crippen LogP contribution in [0.2, 0.25) is 0 Å². The van der Waals surface area contributed by atoms with E-state index in [2.05, 4.69) is 15.4 Å². The van der Waals surface area contributed by atoms with Crippen molar-refractivity contribution in [2.45, 2.75) is 12.5 Å². The third kappa shape index (κ3) is 2.50. The molecule has 5 heteroatoms. The van der Waals surface area contributed by atoms with Gasteiger partial charge in [-0.2, -0.15) is 0 Å². The minimum absolute atomic E-state index is 0.0739. The number of ether oxygens (including phenoxy) is 1. The molecule has 1 aliphatic heterocycles. The third-order valence-electron chi connectivity index (χ3n) is 1.68. The summed E-state index contributed by atoms with van der Waals surface area (Å²) in [5.41, 5.74) is 0. The maximum Gasteiger partial charge on any atom is 0.307 e. The van der Waals surface area contributed by atoms with Gasteiger partial charge in [0.05, 0.1) is 26.1 Å². The first-order valence-electron chi connectivity index (χ1n) is 3.79. The molecule has 0 radical (unpaired) electrons. The highest BCUT2D eigenvalue weighted by Crippen LogP contribution is 1.96. The van der Waals surface area contributed by atoms with Crippen molar-refractivity contribution in [1.82, 2.24) is 10.6 Å². The van der Waals surface area contributed by atoms with Crippen LogP contribution in [0.5, 0.6) is 0 Å². The van der Waals surface area contributed by atoms with E-state index in [9.17, 15) is 9.59 Å². The SMILES string of the molecule is COC(=O)CC1CNCC(=O)N1. The highest BCUT2D eigenvalue weighted by atomic mass is 16.5. The Kier molecular flexibility index (Phi) is 3.04. The van der Waals surface area contributed by atoms with Crippen molar-refractivity contribution in [2.24, 2.45) is 0 Å². The maximum atomic E-state index is 10.8. The van der Waals surface area contributed by atoms with Crippen LogP contribution in [-0.4, -0.2) is 38.1 Å². The zero-order valence-electron chi connectivity index (χ0n) is 6.92. The lowest BCUT2D eigenvalue weighted by molar-refractivity contribution is -0.141. The van der Waals surface area contributed by atoms with Crippen molar-refractivity contribution >= 4 is 11.9 Å². The predicted molar refractivity (Wildman–Crippen MR) is 41.4 cm³/mol. The van der Waals surface area contributed by atoms with Crippen molar-refractivity contribution < 1.29 is 14.3 Å². The molecule has 5 nitrogen and oxygen atoms in total. The van der Waals surface area contributed by atoms with Crippen molar-refractivity contribution in [2.75, 3.05) is 20.2 Å². The van der Waals surface area contributed by atoms with Gasteiger partial charge in [-0.25, -0.2) is 0 Å². The van der Waals surface area contributed by atoms with Crippen LogP contribution in [-0.2, 0) is 14.3 Å². The Hall–Kier alpha value is -1.10. The van der Waals surface area contributed by atoms with Gasteiger partial charge in [0.2, 0.25) is 5.91 Å². The number of carbonyl (C=O) groups is 2. The van der Waals surface area contributed by atoms with Gasteiger partial charge in [0.15, 0.2) is 0 Å². The van der Waals surface area contributed by atoms with E-state index >= 15 is 0 Å². The molecule has 1 rings (SSSR count). The number of amides is 1. The molecule has 2 N–H and O–H groups in total. The molecule has 0 aromatic rings. The largest absolute Gasteiger partial charge is 0.469 e. The van der Waals surface area contributed by atoms with Gasteiger partial charge in [0.1, 0.15) is 0 Å². The minimum Gasteiger partial charge on any atom is -0.469 e. The second-order valence-electron chi connectivity index (χ2n) is 2.68. The van der Waals surface area contributed by atoms with Crippen molar-refractivity contribution in [3.8, 4) is 0 Å². The fraction of sp³-hybridized carbons (Fsp3) is 0.714. The van der Waals surface area contributed by atoms with E-state index in [1.54, 1.807) is 0 Å². The quantitative estimate of drug-likeness (QED) is 0.505. The van der Waals surface area contributed by atoms with Crippen LogP contribution in [0.25, 0.3) is 0 Å². The number of hydrogen-bond donors (Lipinski definition) is 2. The average molecular weight is 172 g/mol. The molecule has 1 unspecified atom stereocenters. The second-order valence-corrected chi connectivity index (χ2v) is 2.68. The summed E-state index contributed by atoms with van der Waals surface area (Å²) in [5.74, 6) is -0.376. The van der Waals surface area contributed by atoms with Crippen LogP contribution < -0.4 is 10.6 Å². The van der Waals surface area contributed by atoms with Crippen molar-refractivity contribution in [1.29, 1.82) is 0 Å². The summed E-state index contributed by atoms with van der Waals surface area (Å²) in [6, 6.07) is -0.126. The van der Waals surface area contributed by atoms with Crippen LogP contribution in [0.15, 0.2) is 0 Å². The van der Waals surface area contributed by atoms with E-state index in [1.165, 1.54) is 7.11 Å². The van der Waals surface area contributed by atoms with E-state index in [-0.39, 0.29) is 24.3 Å². The molecule has 0 spiro atoms. The van der Waals surface area contributed by atoms with E-state index in [0.29, 0.717) is 13.1 Å². The summed E-state index contributed by atoms with van der Waals surface area (Å²) in [4.78, 5) is 21.6. The molecule has 0 aromatic carbocycles. The number of nitrogens with one attached hydrogen (secondary N) is 2. The van der Waals surface area contributed by atoms with Crippen LogP contribution in [0.1, 0.15) is 6.42 Å². The molecule has 0 saturated carbocycles.